The van der Waals surface area contributed by atoms with Crippen LogP contribution in [-0.4, -0.2) is 82.5 Å². The third-order valence-electron chi connectivity index (χ3n) is 4.78. The van der Waals surface area contributed by atoms with Crippen LogP contribution in [0.5, 0.6) is 0 Å². The highest BCUT2D eigenvalue weighted by molar-refractivity contribution is 5.88. The van der Waals surface area contributed by atoms with Gasteiger partial charge in [0.2, 0.25) is 5.91 Å². The number of likely N-dealkylation sites (N-methyl/N-ethyl adjacent to an activating group) is 1. The molecule has 2 aromatic rings. The van der Waals surface area contributed by atoms with Gasteiger partial charge in [0.15, 0.2) is 0 Å². The van der Waals surface area contributed by atoms with Crippen molar-refractivity contribution in [2.75, 3.05) is 44.8 Å². The van der Waals surface area contributed by atoms with E-state index in [-0.39, 0.29) is 19.1 Å². The van der Waals surface area contributed by atoms with Crippen LogP contribution in [0.15, 0.2) is 24.4 Å². The van der Waals surface area contributed by atoms with Crippen molar-refractivity contribution in [3.8, 4) is 0 Å². The zero-order valence-electron chi connectivity index (χ0n) is 16.0. The van der Waals surface area contributed by atoms with Gasteiger partial charge >= 0.3 is 5.97 Å². The molecule has 1 aliphatic rings. The normalized spacial score (nSPS) is 19.2. The number of hydrogen-bond donors (Lipinski definition) is 2. The average molecular weight is 388 g/mol. The Morgan fingerprint density at radius 1 is 1.32 bits per heavy atom. The molecule has 0 saturated carbocycles. The van der Waals surface area contributed by atoms with Crippen molar-refractivity contribution < 1.29 is 24.5 Å². The summed E-state index contributed by atoms with van der Waals surface area (Å²) in [6, 6.07) is 5.72. The van der Waals surface area contributed by atoms with E-state index in [1.165, 1.54) is 4.90 Å². The van der Waals surface area contributed by atoms with Crippen molar-refractivity contribution in [2.24, 2.45) is 0 Å². The van der Waals surface area contributed by atoms with Crippen LogP contribution in [-0.2, 0) is 14.3 Å². The van der Waals surface area contributed by atoms with Crippen LogP contribution in [0.4, 0.5) is 5.69 Å². The molecular formula is C19H24N4O5. The fourth-order valence-electron chi connectivity index (χ4n) is 3.42. The van der Waals surface area contributed by atoms with Gasteiger partial charge in [-0.1, -0.05) is 0 Å². The maximum absolute atomic E-state index is 12.1. The van der Waals surface area contributed by atoms with E-state index in [0.717, 1.165) is 22.4 Å². The molecule has 2 N–H and O–H groups in total. The zero-order valence-corrected chi connectivity index (χ0v) is 16.0. The lowest BCUT2D eigenvalue weighted by molar-refractivity contribution is -0.146. The Balaban J connectivity index is 1.66. The number of hydrogen-bond acceptors (Lipinski definition) is 7. The van der Waals surface area contributed by atoms with Gasteiger partial charge in [0.05, 0.1) is 17.7 Å². The van der Waals surface area contributed by atoms with E-state index >= 15 is 0 Å². The number of anilines is 1. The molecule has 1 fully saturated rings. The molecule has 2 aromatic heterocycles. The molecule has 1 amide bonds. The molecule has 1 saturated heterocycles. The number of fused-ring (bicyclic) bond motifs is 1. The summed E-state index contributed by atoms with van der Waals surface area (Å²) in [5.41, 5.74) is 2.31. The smallest absolute Gasteiger partial charge is 0.329 e. The first-order chi connectivity index (χ1) is 13.3. The average Bonchev–Trinajstić information content (AvgIpc) is 3.02. The van der Waals surface area contributed by atoms with Gasteiger partial charge in [-0.3, -0.25) is 9.78 Å². The largest absolute Gasteiger partial charge is 0.480 e. The number of β-amino-alcohol motifs (C(OH)–C–C–N with tert-alkyl or cyclic N) is 1. The summed E-state index contributed by atoms with van der Waals surface area (Å²) in [6.45, 7) is 2.18. The second kappa shape index (κ2) is 8.07. The van der Waals surface area contributed by atoms with E-state index < -0.39 is 18.2 Å². The lowest BCUT2D eigenvalue weighted by Gasteiger charge is -2.29. The van der Waals surface area contributed by atoms with Gasteiger partial charge in [-0.15, -0.1) is 0 Å². The molecule has 0 aliphatic carbocycles. The fraction of sp³-hybridized carbons (Fsp3) is 0.474. The molecule has 0 bridgehead atoms. The molecule has 1 aliphatic heterocycles. The third-order valence-corrected chi connectivity index (χ3v) is 4.78. The van der Waals surface area contributed by atoms with Crippen LogP contribution in [0.25, 0.3) is 11.0 Å². The first kappa shape index (κ1) is 20.0. The lowest BCUT2D eigenvalue weighted by atomic mass is 10.0. The third kappa shape index (κ3) is 4.55. The minimum Gasteiger partial charge on any atom is -0.480 e. The van der Waals surface area contributed by atoms with Gasteiger partial charge in [0, 0.05) is 32.0 Å². The van der Waals surface area contributed by atoms with E-state index in [0.29, 0.717) is 19.5 Å². The molecule has 9 heteroatoms. The Morgan fingerprint density at radius 2 is 2.11 bits per heavy atom. The number of amides is 1. The van der Waals surface area contributed by atoms with Crippen molar-refractivity contribution in [3.05, 3.63) is 30.1 Å². The van der Waals surface area contributed by atoms with E-state index in [2.05, 4.69) is 14.9 Å². The van der Waals surface area contributed by atoms with Crippen LogP contribution in [0.2, 0.25) is 0 Å². The number of carbonyl (C=O) groups excluding carboxylic acids is 1. The maximum Gasteiger partial charge on any atom is 0.329 e. The summed E-state index contributed by atoms with van der Waals surface area (Å²) in [4.78, 5) is 34.9. The summed E-state index contributed by atoms with van der Waals surface area (Å²) in [5, 5.41) is 19.5. The minimum atomic E-state index is -1.13. The molecule has 0 aromatic carbocycles. The van der Waals surface area contributed by atoms with Crippen molar-refractivity contribution in [3.63, 3.8) is 0 Å². The summed E-state index contributed by atoms with van der Waals surface area (Å²) >= 11 is 0. The van der Waals surface area contributed by atoms with Crippen LogP contribution in [0.1, 0.15) is 12.1 Å². The molecule has 3 heterocycles. The highest BCUT2D eigenvalue weighted by Crippen LogP contribution is 2.31. The number of aromatic nitrogens is 2. The molecule has 3 rings (SSSR count). The number of carboxylic acid groups (broad SMARTS) is 1. The van der Waals surface area contributed by atoms with Gasteiger partial charge in [-0.05, 0) is 31.5 Å². The standard InChI is InChI=1S/C19H24N4O5/c1-13-3-4-14-18(21-13)15(5-7-20-14)23-8-6-19(27,12-23)11-22(2)16(24)9-28-10-17(25)26/h3-5,7,27H,6,8-12H2,1-2H3,(H,25,26). The Bertz CT molecular complexity index is 890. The summed E-state index contributed by atoms with van der Waals surface area (Å²) in [5.74, 6) is -1.51. The molecule has 150 valence electrons. The zero-order chi connectivity index (χ0) is 20.3. The van der Waals surface area contributed by atoms with Gasteiger partial charge in [0.1, 0.15) is 24.3 Å². The molecular weight excluding hydrogens is 364 g/mol. The van der Waals surface area contributed by atoms with Gasteiger partial charge in [-0.2, -0.15) is 0 Å². The van der Waals surface area contributed by atoms with E-state index in [9.17, 15) is 14.7 Å². The Labute approximate surface area is 162 Å². The van der Waals surface area contributed by atoms with Crippen molar-refractivity contribution in [1.82, 2.24) is 14.9 Å². The van der Waals surface area contributed by atoms with Crippen LogP contribution in [0.3, 0.4) is 0 Å². The second-order valence-corrected chi connectivity index (χ2v) is 7.18. The van der Waals surface area contributed by atoms with Crippen molar-refractivity contribution in [1.29, 1.82) is 0 Å². The van der Waals surface area contributed by atoms with Crippen LogP contribution in [0, 0.1) is 6.92 Å². The SMILES string of the molecule is Cc1ccc2nccc(N3CCC(O)(CN(C)C(=O)COCC(=O)O)C3)c2n1. The highest BCUT2D eigenvalue weighted by Gasteiger charge is 2.38. The number of aryl methyl sites for hydroxylation is 1. The molecule has 1 unspecified atom stereocenters. The number of nitrogens with zero attached hydrogens (tertiary/aromatic N) is 4. The lowest BCUT2D eigenvalue weighted by Crippen LogP contribution is -2.46. The van der Waals surface area contributed by atoms with Crippen LogP contribution >= 0.6 is 0 Å². The Hall–Kier alpha value is -2.78. The predicted octanol–water partition coefficient (Wildman–Crippen LogP) is 0.439. The first-order valence-electron chi connectivity index (χ1n) is 9.01. The number of rotatable bonds is 7. The molecule has 9 nitrogen and oxygen atoms in total. The maximum atomic E-state index is 12.1. The summed E-state index contributed by atoms with van der Waals surface area (Å²) < 4.78 is 4.83. The topological polar surface area (TPSA) is 116 Å². The summed E-state index contributed by atoms with van der Waals surface area (Å²) in [7, 11) is 1.57. The van der Waals surface area contributed by atoms with Crippen molar-refractivity contribution in [2.45, 2.75) is 18.9 Å². The number of carboxylic acids is 1. The van der Waals surface area contributed by atoms with E-state index in [1.807, 2.05) is 25.1 Å². The minimum absolute atomic E-state index is 0.133. The number of pyridine rings is 2. The van der Waals surface area contributed by atoms with Gasteiger partial charge in [-0.25, -0.2) is 9.78 Å². The van der Waals surface area contributed by atoms with Gasteiger partial charge in [0.25, 0.3) is 0 Å². The monoisotopic (exact) mass is 388 g/mol. The number of aliphatic hydroxyl groups is 1. The highest BCUT2D eigenvalue weighted by atomic mass is 16.5. The van der Waals surface area contributed by atoms with E-state index in [1.54, 1.807) is 13.2 Å². The molecule has 0 spiro atoms. The molecule has 1 atom stereocenters. The van der Waals surface area contributed by atoms with Crippen molar-refractivity contribution >= 4 is 28.6 Å². The first-order valence-corrected chi connectivity index (χ1v) is 9.01. The number of ether oxygens (including phenoxy) is 1. The molecule has 0 radical (unpaired) electrons. The van der Waals surface area contributed by atoms with E-state index in [4.69, 9.17) is 9.84 Å². The predicted molar refractivity (Wildman–Crippen MR) is 102 cm³/mol. The number of carbonyl (C=O) groups is 2. The summed E-state index contributed by atoms with van der Waals surface area (Å²) in [6.07, 6.45) is 2.22. The van der Waals surface area contributed by atoms with Gasteiger partial charge < -0.3 is 24.7 Å². The second-order valence-electron chi connectivity index (χ2n) is 7.18. The fourth-order valence-corrected chi connectivity index (χ4v) is 3.42. The number of aliphatic carboxylic acids is 1. The molecule has 28 heavy (non-hydrogen) atoms. The Kier molecular flexibility index (Phi) is 5.76. The Morgan fingerprint density at radius 3 is 2.86 bits per heavy atom. The quantitative estimate of drug-likeness (QED) is 0.702. The van der Waals surface area contributed by atoms with Crippen LogP contribution < -0.4 is 4.90 Å².